The van der Waals surface area contributed by atoms with E-state index in [0.29, 0.717) is 30.4 Å². The van der Waals surface area contributed by atoms with E-state index in [9.17, 15) is 9.59 Å². The fourth-order valence-electron chi connectivity index (χ4n) is 3.07. The molecule has 0 bridgehead atoms. The normalized spacial score (nSPS) is 13.0. The van der Waals surface area contributed by atoms with Crippen molar-refractivity contribution in [3.63, 3.8) is 0 Å². The maximum atomic E-state index is 13.0. The molecule has 28 heavy (non-hydrogen) atoms. The van der Waals surface area contributed by atoms with Crippen LogP contribution in [-0.4, -0.2) is 34.8 Å². The Morgan fingerprint density at radius 1 is 0.964 bits per heavy atom. The van der Waals surface area contributed by atoms with Crippen molar-refractivity contribution in [3.05, 3.63) is 72.4 Å². The van der Waals surface area contributed by atoms with Crippen molar-refractivity contribution in [1.82, 2.24) is 9.88 Å². The minimum Gasteiger partial charge on any atom is -0.435 e. The zero-order valence-corrected chi connectivity index (χ0v) is 15.4. The standard InChI is InChI=1S/C22H19N3O3/c1-15(26)23-18-11-9-16(10-12-18)20-19(22(27)25-13-5-6-14-25)24-21(28-20)17-7-3-2-4-8-17/h2-12H,13-14H2,1H3,(H,23,26). The summed E-state index contributed by atoms with van der Waals surface area (Å²) in [6, 6.07) is 16.6. The predicted octanol–water partition coefficient (Wildman–Crippen LogP) is 3.98. The molecule has 3 aromatic rings. The summed E-state index contributed by atoms with van der Waals surface area (Å²) in [6.07, 6.45) is 3.91. The monoisotopic (exact) mass is 373 g/mol. The van der Waals surface area contributed by atoms with Crippen LogP contribution in [0.3, 0.4) is 0 Å². The van der Waals surface area contributed by atoms with Gasteiger partial charge in [-0.15, -0.1) is 0 Å². The minimum absolute atomic E-state index is 0.142. The minimum atomic E-state index is -0.170. The lowest BCUT2D eigenvalue weighted by molar-refractivity contribution is -0.114. The Hall–Kier alpha value is -3.67. The summed E-state index contributed by atoms with van der Waals surface area (Å²) in [6.45, 7) is 2.58. The zero-order chi connectivity index (χ0) is 19.5. The molecule has 1 N–H and O–H groups in total. The Labute approximate surface area is 162 Å². The highest BCUT2D eigenvalue weighted by Crippen LogP contribution is 2.31. The highest BCUT2D eigenvalue weighted by atomic mass is 16.4. The van der Waals surface area contributed by atoms with E-state index in [1.165, 1.54) is 6.92 Å². The third kappa shape index (κ3) is 3.57. The van der Waals surface area contributed by atoms with E-state index in [0.717, 1.165) is 11.1 Å². The second kappa shape index (κ2) is 7.52. The fraction of sp³-hybridized carbons (Fsp3) is 0.136. The summed E-state index contributed by atoms with van der Waals surface area (Å²) in [5.74, 6) is 0.509. The zero-order valence-electron chi connectivity index (χ0n) is 15.4. The number of anilines is 1. The number of hydrogen-bond donors (Lipinski definition) is 1. The molecule has 0 saturated carbocycles. The first-order chi connectivity index (χ1) is 13.6. The van der Waals surface area contributed by atoms with Crippen molar-refractivity contribution >= 4 is 17.5 Å². The third-order valence-corrected chi connectivity index (χ3v) is 4.42. The van der Waals surface area contributed by atoms with Gasteiger partial charge in [0.05, 0.1) is 0 Å². The molecule has 0 unspecified atom stereocenters. The molecule has 0 spiro atoms. The van der Waals surface area contributed by atoms with Crippen LogP contribution in [0.2, 0.25) is 0 Å². The molecule has 4 rings (SSSR count). The maximum absolute atomic E-state index is 13.0. The van der Waals surface area contributed by atoms with Gasteiger partial charge in [0.15, 0.2) is 11.5 Å². The van der Waals surface area contributed by atoms with Gasteiger partial charge in [-0.2, -0.15) is 0 Å². The van der Waals surface area contributed by atoms with Gasteiger partial charge in [0.25, 0.3) is 5.91 Å². The van der Waals surface area contributed by atoms with E-state index < -0.39 is 0 Å². The van der Waals surface area contributed by atoms with Crippen LogP contribution in [0.5, 0.6) is 0 Å². The molecule has 0 atom stereocenters. The second-order valence-electron chi connectivity index (χ2n) is 6.50. The molecule has 0 radical (unpaired) electrons. The van der Waals surface area contributed by atoms with Gasteiger partial charge in [-0.3, -0.25) is 9.59 Å². The predicted molar refractivity (Wildman–Crippen MR) is 107 cm³/mol. The summed E-state index contributed by atoms with van der Waals surface area (Å²) < 4.78 is 6.02. The molecule has 1 aliphatic rings. The van der Waals surface area contributed by atoms with Crippen molar-refractivity contribution in [2.24, 2.45) is 0 Å². The average Bonchev–Trinajstić information content (AvgIpc) is 3.39. The van der Waals surface area contributed by atoms with Crippen molar-refractivity contribution in [1.29, 1.82) is 0 Å². The fourth-order valence-corrected chi connectivity index (χ4v) is 3.07. The van der Waals surface area contributed by atoms with Crippen LogP contribution in [0.15, 0.2) is 71.2 Å². The molecule has 1 aromatic heterocycles. The topological polar surface area (TPSA) is 75.4 Å². The Morgan fingerprint density at radius 3 is 2.29 bits per heavy atom. The van der Waals surface area contributed by atoms with Crippen molar-refractivity contribution in [2.75, 3.05) is 18.4 Å². The molecule has 0 saturated heterocycles. The molecule has 1 aliphatic heterocycles. The highest BCUT2D eigenvalue weighted by molar-refractivity contribution is 5.99. The van der Waals surface area contributed by atoms with Crippen molar-refractivity contribution in [3.8, 4) is 22.8 Å². The number of carbonyl (C=O) groups excluding carboxylic acids is 2. The third-order valence-electron chi connectivity index (χ3n) is 4.42. The Bertz CT molecular complexity index is 1030. The molecule has 0 fully saturated rings. The number of carbonyl (C=O) groups is 2. The molecule has 6 nitrogen and oxygen atoms in total. The van der Waals surface area contributed by atoms with Crippen LogP contribution in [0, 0.1) is 0 Å². The van der Waals surface area contributed by atoms with E-state index in [1.807, 2.05) is 42.5 Å². The van der Waals surface area contributed by atoms with Gasteiger partial charge < -0.3 is 14.6 Å². The van der Waals surface area contributed by atoms with Crippen LogP contribution in [0.25, 0.3) is 22.8 Å². The Morgan fingerprint density at radius 2 is 1.64 bits per heavy atom. The summed E-state index contributed by atoms with van der Waals surface area (Å²) in [7, 11) is 0. The number of oxazole rings is 1. The molecule has 0 aliphatic carbocycles. The number of aromatic nitrogens is 1. The van der Waals surface area contributed by atoms with Crippen molar-refractivity contribution in [2.45, 2.75) is 6.92 Å². The summed E-state index contributed by atoms with van der Waals surface area (Å²) >= 11 is 0. The van der Waals surface area contributed by atoms with Crippen LogP contribution < -0.4 is 5.32 Å². The van der Waals surface area contributed by atoms with E-state index >= 15 is 0 Å². The molecule has 2 heterocycles. The molecular weight excluding hydrogens is 354 g/mol. The van der Waals surface area contributed by atoms with Gasteiger partial charge in [0.2, 0.25) is 11.8 Å². The lowest BCUT2D eigenvalue weighted by Gasteiger charge is -2.14. The quantitative estimate of drug-likeness (QED) is 0.702. The number of hydrogen-bond acceptors (Lipinski definition) is 4. The number of benzene rings is 2. The largest absolute Gasteiger partial charge is 0.435 e. The van der Waals surface area contributed by atoms with Crippen LogP contribution in [0.4, 0.5) is 5.69 Å². The van der Waals surface area contributed by atoms with Gasteiger partial charge in [-0.05, 0) is 36.4 Å². The summed E-state index contributed by atoms with van der Waals surface area (Å²) in [5.41, 5.74) is 2.49. The first kappa shape index (κ1) is 17.7. The lowest BCUT2D eigenvalue weighted by atomic mass is 10.1. The number of amides is 2. The number of nitrogens with one attached hydrogen (secondary N) is 1. The Balaban J connectivity index is 1.74. The molecule has 2 aromatic carbocycles. The smallest absolute Gasteiger partial charge is 0.277 e. The van der Waals surface area contributed by atoms with Crippen LogP contribution in [0.1, 0.15) is 17.4 Å². The van der Waals surface area contributed by atoms with E-state index in [-0.39, 0.29) is 17.5 Å². The lowest BCUT2D eigenvalue weighted by Crippen LogP contribution is -2.28. The van der Waals surface area contributed by atoms with Crippen LogP contribution >= 0.6 is 0 Å². The maximum Gasteiger partial charge on any atom is 0.277 e. The summed E-state index contributed by atoms with van der Waals surface area (Å²) in [5, 5.41) is 2.73. The van der Waals surface area contributed by atoms with Gasteiger partial charge in [-0.25, -0.2) is 4.98 Å². The van der Waals surface area contributed by atoms with Gasteiger partial charge in [-0.1, -0.05) is 30.4 Å². The molecule has 2 amide bonds. The number of nitrogens with zero attached hydrogens (tertiary/aromatic N) is 2. The average molecular weight is 373 g/mol. The number of rotatable bonds is 4. The first-order valence-corrected chi connectivity index (χ1v) is 9.00. The van der Waals surface area contributed by atoms with Crippen LogP contribution in [-0.2, 0) is 4.79 Å². The van der Waals surface area contributed by atoms with E-state index in [4.69, 9.17) is 4.42 Å². The first-order valence-electron chi connectivity index (χ1n) is 9.00. The van der Waals surface area contributed by atoms with E-state index in [1.54, 1.807) is 29.2 Å². The summed E-state index contributed by atoms with van der Waals surface area (Å²) in [4.78, 5) is 30.5. The van der Waals surface area contributed by atoms with Gasteiger partial charge >= 0.3 is 0 Å². The SMILES string of the molecule is CC(=O)Nc1ccc(-c2oc(-c3ccccc3)nc2C(=O)N2CC=CC2)cc1. The molecule has 140 valence electrons. The second-order valence-corrected chi connectivity index (χ2v) is 6.50. The van der Waals surface area contributed by atoms with Crippen molar-refractivity contribution < 1.29 is 14.0 Å². The molecule has 6 heteroatoms. The van der Waals surface area contributed by atoms with Gasteiger partial charge in [0, 0.05) is 36.8 Å². The van der Waals surface area contributed by atoms with Gasteiger partial charge in [0.1, 0.15) is 0 Å². The van der Waals surface area contributed by atoms with E-state index in [2.05, 4.69) is 10.3 Å². The molecular formula is C22H19N3O3. The highest BCUT2D eigenvalue weighted by Gasteiger charge is 2.26. The Kier molecular flexibility index (Phi) is 4.76.